The molecule has 0 aliphatic carbocycles. The van der Waals surface area contributed by atoms with E-state index in [1.54, 1.807) is 12.3 Å². The molecule has 0 bridgehead atoms. The minimum absolute atomic E-state index is 0.226. The Morgan fingerprint density at radius 3 is 2.78 bits per heavy atom. The zero-order chi connectivity index (χ0) is 13.0. The SMILES string of the molecule is NCCc1cccc(F)c1Sc1ccc(Br)cn1. The Balaban J connectivity index is 2.30. The van der Waals surface area contributed by atoms with Crippen LogP contribution in [0.1, 0.15) is 5.56 Å². The van der Waals surface area contributed by atoms with Crippen LogP contribution in [0.2, 0.25) is 0 Å². The van der Waals surface area contributed by atoms with Crippen molar-refractivity contribution in [3.63, 3.8) is 0 Å². The molecular formula is C13H12BrFN2S. The fourth-order valence-electron chi connectivity index (χ4n) is 1.55. The van der Waals surface area contributed by atoms with Gasteiger partial charge in [0.25, 0.3) is 0 Å². The van der Waals surface area contributed by atoms with Crippen LogP contribution in [0.15, 0.2) is 50.9 Å². The van der Waals surface area contributed by atoms with E-state index in [0.717, 1.165) is 15.1 Å². The molecular weight excluding hydrogens is 315 g/mol. The van der Waals surface area contributed by atoms with Gasteiger partial charge < -0.3 is 5.73 Å². The van der Waals surface area contributed by atoms with E-state index in [4.69, 9.17) is 5.73 Å². The van der Waals surface area contributed by atoms with Crippen molar-refractivity contribution in [3.8, 4) is 0 Å². The highest BCUT2D eigenvalue weighted by atomic mass is 79.9. The number of benzene rings is 1. The number of nitrogens with zero attached hydrogens (tertiary/aromatic N) is 1. The maximum Gasteiger partial charge on any atom is 0.137 e. The Morgan fingerprint density at radius 2 is 2.11 bits per heavy atom. The van der Waals surface area contributed by atoms with Crippen LogP contribution < -0.4 is 5.73 Å². The van der Waals surface area contributed by atoms with Crippen LogP contribution in [0.3, 0.4) is 0 Å². The largest absolute Gasteiger partial charge is 0.330 e. The Morgan fingerprint density at radius 1 is 1.28 bits per heavy atom. The predicted molar refractivity (Wildman–Crippen MR) is 75.2 cm³/mol. The first-order valence-corrected chi connectivity index (χ1v) is 7.08. The molecule has 1 heterocycles. The molecule has 0 atom stereocenters. The lowest BCUT2D eigenvalue weighted by Crippen LogP contribution is -2.04. The van der Waals surface area contributed by atoms with Crippen LogP contribution in [0.5, 0.6) is 0 Å². The van der Waals surface area contributed by atoms with Crippen LogP contribution in [0.4, 0.5) is 4.39 Å². The summed E-state index contributed by atoms with van der Waals surface area (Å²) in [6, 6.07) is 8.81. The molecule has 0 radical (unpaired) electrons. The number of pyridine rings is 1. The lowest BCUT2D eigenvalue weighted by atomic mass is 10.1. The molecule has 0 saturated heterocycles. The summed E-state index contributed by atoms with van der Waals surface area (Å²) in [4.78, 5) is 4.84. The second-order valence-corrected chi connectivity index (χ2v) is 5.63. The zero-order valence-corrected chi connectivity index (χ0v) is 12.0. The van der Waals surface area contributed by atoms with Gasteiger partial charge in [-0.2, -0.15) is 0 Å². The number of halogens is 2. The molecule has 2 nitrogen and oxygen atoms in total. The van der Waals surface area contributed by atoms with Gasteiger partial charge in [-0.1, -0.05) is 23.9 Å². The minimum Gasteiger partial charge on any atom is -0.330 e. The molecule has 5 heteroatoms. The maximum absolute atomic E-state index is 13.8. The van der Waals surface area contributed by atoms with Gasteiger partial charge in [0, 0.05) is 10.7 Å². The van der Waals surface area contributed by atoms with E-state index in [9.17, 15) is 4.39 Å². The van der Waals surface area contributed by atoms with Gasteiger partial charge in [-0.3, -0.25) is 0 Å². The standard InChI is InChI=1S/C13H12BrFN2S/c14-10-4-5-12(17-8-10)18-13-9(6-7-16)2-1-3-11(13)15/h1-5,8H,6-7,16H2. The average molecular weight is 327 g/mol. The summed E-state index contributed by atoms with van der Waals surface area (Å²) >= 11 is 4.65. The van der Waals surface area contributed by atoms with E-state index < -0.39 is 0 Å². The van der Waals surface area contributed by atoms with Crippen molar-refractivity contribution in [1.29, 1.82) is 0 Å². The molecule has 0 spiro atoms. The van der Waals surface area contributed by atoms with Crippen LogP contribution in [-0.2, 0) is 6.42 Å². The van der Waals surface area contributed by atoms with Gasteiger partial charge in [-0.05, 0) is 52.7 Å². The summed E-state index contributed by atoms with van der Waals surface area (Å²) in [7, 11) is 0. The van der Waals surface area contributed by atoms with Crippen LogP contribution >= 0.6 is 27.7 Å². The van der Waals surface area contributed by atoms with E-state index in [-0.39, 0.29) is 5.82 Å². The monoisotopic (exact) mass is 326 g/mol. The molecule has 0 saturated carbocycles. The van der Waals surface area contributed by atoms with Gasteiger partial charge in [0.2, 0.25) is 0 Å². The molecule has 1 aromatic carbocycles. The van der Waals surface area contributed by atoms with Crippen molar-refractivity contribution in [1.82, 2.24) is 4.98 Å². The summed E-state index contributed by atoms with van der Waals surface area (Å²) in [5, 5.41) is 0.765. The molecule has 0 fully saturated rings. The quantitative estimate of drug-likeness (QED) is 0.932. The van der Waals surface area contributed by atoms with Crippen molar-refractivity contribution < 1.29 is 4.39 Å². The fraction of sp³-hybridized carbons (Fsp3) is 0.154. The summed E-state index contributed by atoms with van der Waals surface area (Å²) in [5.74, 6) is -0.226. The molecule has 0 aliphatic rings. The predicted octanol–water partition coefficient (Wildman–Crippen LogP) is 3.64. The second kappa shape index (κ2) is 6.31. The van der Waals surface area contributed by atoms with Crippen molar-refractivity contribution in [2.45, 2.75) is 16.3 Å². The normalized spacial score (nSPS) is 10.6. The molecule has 2 rings (SSSR count). The minimum atomic E-state index is -0.226. The van der Waals surface area contributed by atoms with E-state index in [1.165, 1.54) is 17.8 Å². The smallest absolute Gasteiger partial charge is 0.137 e. The summed E-state index contributed by atoms with van der Waals surface area (Å²) in [5.41, 5.74) is 6.46. The Kier molecular flexibility index (Phi) is 4.74. The van der Waals surface area contributed by atoms with Crippen molar-refractivity contribution >= 4 is 27.7 Å². The van der Waals surface area contributed by atoms with Crippen molar-refractivity contribution in [2.75, 3.05) is 6.54 Å². The van der Waals surface area contributed by atoms with Crippen LogP contribution in [0.25, 0.3) is 0 Å². The number of hydrogen-bond acceptors (Lipinski definition) is 3. The molecule has 0 amide bonds. The molecule has 0 unspecified atom stereocenters. The summed E-state index contributed by atoms with van der Waals surface area (Å²) in [6.07, 6.45) is 2.36. The first kappa shape index (κ1) is 13.5. The molecule has 94 valence electrons. The lowest BCUT2D eigenvalue weighted by Gasteiger charge is -2.08. The second-order valence-electron chi connectivity index (χ2n) is 3.68. The average Bonchev–Trinajstić information content (AvgIpc) is 2.36. The first-order valence-electron chi connectivity index (χ1n) is 5.47. The van der Waals surface area contributed by atoms with Crippen LogP contribution in [-0.4, -0.2) is 11.5 Å². The van der Waals surface area contributed by atoms with Gasteiger partial charge >= 0.3 is 0 Å². The first-order chi connectivity index (χ1) is 8.70. The number of hydrogen-bond donors (Lipinski definition) is 1. The molecule has 2 aromatic rings. The summed E-state index contributed by atoms with van der Waals surface area (Å²) in [6.45, 7) is 0.505. The third-order valence-corrected chi connectivity index (χ3v) is 3.95. The van der Waals surface area contributed by atoms with Gasteiger partial charge in [-0.15, -0.1) is 0 Å². The van der Waals surface area contributed by atoms with Gasteiger partial charge in [0.05, 0.1) is 4.90 Å². The number of rotatable bonds is 4. The number of nitrogens with two attached hydrogens (primary N) is 1. The molecule has 0 aliphatic heterocycles. The van der Waals surface area contributed by atoms with Crippen molar-refractivity contribution in [2.24, 2.45) is 5.73 Å². The molecule has 2 N–H and O–H groups in total. The van der Waals surface area contributed by atoms with E-state index in [1.807, 2.05) is 18.2 Å². The fourth-order valence-corrected chi connectivity index (χ4v) is 2.70. The van der Waals surface area contributed by atoms with Crippen LogP contribution in [0, 0.1) is 5.82 Å². The highest BCUT2D eigenvalue weighted by molar-refractivity contribution is 9.10. The zero-order valence-electron chi connectivity index (χ0n) is 9.57. The lowest BCUT2D eigenvalue weighted by molar-refractivity contribution is 0.596. The topological polar surface area (TPSA) is 38.9 Å². The van der Waals surface area contributed by atoms with E-state index >= 15 is 0 Å². The molecule has 18 heavy (non-hydrogen) atoms. The highest BCUT2D eigenvalue weighted by Crippen LogP contribution is 2.32. The van der Waals surface area contributed by atoms with Gasteiger partial charge in [0.1, 0.15) is 10.8 Å². The highest BCUT2D eigenvalue weighted by Gasteiger charge is 2.10. The number of aromatic nitrogens is 1. The van der Waals surface area contributed by atoms with Gasteiger partial charge in [0.15, 0.2) is 0 Å². The third kappa shape index (κ3) is 3.31. The van der Waals surface area contributed by atoms with E-state index in [0.29, 0.717) is 17.9 Å². The Hall–Kier alpha value is -0.910. The Labute approximate surface area is 118 Å². The maximum atomic E-state index is 13.8. The van der Waals surface area contributed by atoms with Crippen molar-refractivity contribution in [3.05, 3.63) is 52.4 Å². The van der Waals surface area contributed by atoms with E-state index in [2.05, 4.69) is 20.9 Å². The van der Waals surface area contributed by atoms with Gasteiger partial charge in [-0.25, -0.2) is 9.37 Å². The molecule has 1 aromatic heterocycles. The summed E-state index contributed by atoms with van der Waals surface area (Å²) < 4.78 is 14.7. The Bertz CT molecular complexity index is 531. The third-order valence-electron chi connectivity index (χ3n) is 2.37.